The lowest BCUT2D eigenvalue weighted by Gasteiger charge is -2.36. The van der Waals surface area contributed by atoms with Crippen molar-refractivity contribution in [2.75, 3.05) is 6.61 Å². The summed E-state index contributed by atoms with van der Waals surface area (Å²) in [5.74, 6) is 0.607. The van der Waals surface area contributed by atoms with Gasteiger partial charge in [-0.05, 0) is 25.0 Å². The first-order chi connectivity index (χ1) is 10.2. The van der Waals surface area contributed by atoms with Gasteiger partial charge >= 0.3 is 0 Å². The molecule has 0 unspecified atom stereocenters. The molecular formula is C15H18N2O4. The van der Waals surface area contributed by atoms with E-state index in [1.165, 1.54) is 6.26 Å². The number of hydrogen-bond donors (Lipinski definition) is 2. The lowest BCUT2D eigenvalue weighted by molar-refractivity contribution is 0.0750. The number of nitrogens with one attached hydrogen (secondary N) is 1. The lowest BCUT2D eigenvalue weighted by atomic mass is 9.82. The van der Waals surface area contributed by atoms with Crippen molar-refractivity contribution >= 4 is 5.91 Å². The zero-order valence-electron chi connectivity index (χ0n) is 11.7. The Bertz CT molecular complexity index is 597. The fraction of sp³-hybridized carbons (Fsp3) is 0.467. The summed E-state index contributed by atoms with van der Waals surface area (Å²) in [7, 11) is 0. The molecule has 0 bridgehead atoms. The second-order valence-corrected chi connectivity index (χ2v) is 5.51. The number of aliphatic hydroxyl groups excluding tert-OH is 1. The Morgan fingerprint density at radius 2 is 2.14 bits per heavy atom. The topological polar surface area (TPSA) is 88.5 Å². The number of aliphatic hydroxyl groups is 1. The van der Waals surface area contributed by atoms with Crippen LogP contribution in [0.3, 0.4) is 0 Å². The molecular weight excluding hydrogens is 272 g/mol. The lowest BCUT2D eigenvalue weighted by Crippen LogP contribution is -2.52. The number of hydrogen-bond acceptors (Lipinski definition) is 5. The van der Waals surface area contributed by atoms with Crippen LogP contribution in [0.2, 0.25) is 0 Å². The maximum absolute atomic E-state index is 12.3. The van der Waals surface area contributed by atoms with Gasteiger partial charge in [0.2, 0.25) is 5.76 Å². The minimum atomic E-state index is -0.529. The number of nitrogens with zero attached hydrogens (tertiary/aromatic N) is 1. The summed E-state index contributed by atoms with van der Waals surface area (Å²) in [6.07, 6.45) is 6.27. The van der Waals surface area contributed by atoms with Crippen molar-refractivity contribution in [3.05, 3.63) is 30.2 Å². The molecule has 6 heteroatoms. The maximum Gasteiger partial charge on any atom is 0.273 e. The molecule has 112 valence electrons. The third kappa shape index (κ3) is 2.85. The minimum Gasteiger partial charge on any atom is -0.461 e. The Balaban J connectivity index is 1.73. The summed E-state index contributed by atoms with van der Waals surface area (Å²) >= 11 is 0. The average molecular weight is 290 g/mol. The SMILES string of the molecule is O=C(NC1(CO)CCCCC1)c1cc(-c2ccco2)on1. The van der Waals surface area contributed by atoms with E-state index in [-0.39, 0.29) is 18.2 Å². The molecule has 1 amide bonds. The highest BCUT2D eigenvalue weighted by atomic mass is 16.5. The quantitative estimate of drug-likeness (QED) is 0.902. The number of amides is 1. The van der Waals surface area contributed by atoms with Crippen LogP contribution in [-0.2, 0) is 0 Å². The van der Waals surface area contributed by atoms with Gasteiger partial charge in [0.1, 0.15) is 0 Å². The predicted octanol–water partition coefficient (Wildman–Crippen LogP) is 2.36. The molecule has 0 saturated heterocycles. The Labute approximate surface area is 122 Å². The van der Waals surface area contributed by atoms with E-state index >= 15 is 0 Å². The second-order valence-electron chi connectivity index (χ2n) is 5.51. The van der Waals surface area contributed by atoms with Crippen molar-refractivity contribution in [1.29, 1.82) is 0 Å². The van der Waals surface area contributed by atoms with E-state index in [1.807, 2.05) is 0 Å². The van der Waals surface area contributed by atoms with Gasteiger partial charge < -0.3 is 19.4 Å². The van der Waals surface area contributed by atoms with Crippen LogP contribution < -0.4 is 5.32 Å². The van der Waals surface area contributed by atoms with E-state index in [0.717, 1.165) is 32.1 Å². The molecule has 1 aliphatic carbocycles. The Morgan fingerprint density at radius 1 is 1.33 bits per heavy atom. The van der Waals surface area contributed by atoms with Crippen LogP contribution in [0.25, 0.3) is 11.5 Å². The van der Waals surface area contributed by atoms with E-state index in [0.29, 0.717) is 11.5 Å². The van der Waals surface area contributed by atoms with E-state index in [1.54, 1.807) is 18.2 Å². The molecule has 0 radical (unpaired) electrons. The molecule has 1 fully saturated rings. The zero-order valence-corrected chi connectivity index (χ0v) is 11.7. The summed E-state index contributed by atoms with van der Waals surface area (Å²) in [6.45, 7) is -0.0539. The molecule has 1 saturated carbocycles. The molecule has 21 heavy (non-hydrogen) atoms. The third-order valence-electron chi connectivity index (χ3n) is 4.00. The highest BCUT2D eigenvalue weighted by Gasteiger charge is 2.33. The second kappa shape index (κ2) is 5.73. The van der Waals surface area contributed by atoms with Crippen molar-refractivity contribution in [3.8, 4) is 11.5 Å². The van der Waals surface area contributed by atoms with Crippen molar-refractivity contribution < 1.29 is 18.8 Å². The summed E-state index contributed by atoms with van der Waals surface area (Å²) < 4.78 is 10.3. The minimum absolute atomic E-state index is 0.0539. The van der Waals surface area contributed by atoms with Gasteiger partial charge in [-0.15, -0.1) is 0 Å². The smallest absolute Gasteiger partial charge is 0.273 e. The summed E-state index contributed by atoms with van der Waals surface area (Å²) in [5, 5.41) is 16.3. The highest BCUT2D eigenvalue weighted by Crippen LogP contribution is 2.28. The molecule has 2 aromatic heterocycles. The molecule has 1 aliphatic rings. The average Bonchev–Trinajstić information content (AvgIpc) is 3.19. The summed E-state index contributed by atoms with van der Waals surface area (Å²) in [4.78, 5) is 12.3. The Hall–Kier alpha value is -2.08. The fourth-order valence-electron chi connectivity index (χ4n) is 2.77. The van der Waals surface area contributed by atoms with Crippen LogP contribution in [-0.4, -0.2) is 28.3 Å². The molecule has 0 spiro atoms. The van der Waals surface area contributed by atoms with Crippen LogP contribution in [0.5, 0.6) is 0 Å². The molecule has 0 aliphatic heterocycles. The monoisotopic (exact) mass is 290 g/mol. The maximum atomic E-state index is 12.3. The molecule has 6 nitrogen and oxygen atoms in total. The van der Waals surface area contributed by atoms with Crippen molar-refractivity contribution in [2.24, 2.45) is 0 Å². The third-order valence-corrected chi connectivity index (χ3v) is 4.00. The van der Waals surface area contributed by atoms with E-state index < -0.39 is 5.54 Å². The van der Waals surface area contributed by atoms with E-state index in [4.69, 9.17) is 8.94 Å². The normalized spacial score (nSPS) is 17.6. The largest absolute Gasteiger partial charge is 0.461 e. The van der Waals surface area contributed by atoms with Gasteiger partial charge in [-0.2, -0.15) is 0 Å². The number of furan rings is 1. The standard InChI is InChI=1S/C15H18N2O4/c18-10-15(6-2-1-3-7-15)16-14(19)11-9-13(21-17-11)12-5-4-8-20-12/h4-5,8-9,18H,1-3,6-7,10H2,(H,16,19). The van der Waals surface area contributed by atoms with Gasteiger partial charge in [0.15, 0.2) is 11.5 Å². The molecule has 0 atom stereocenters. The van der Waals surface area contributed by atoms with Crippen molar-refractivity contribution in [1.82, 2.24) is 10.5 Å². The molecule has 2 N–H and O–H groups in total. The van der Waals surface area contributed by atoms with Crippen LogP contribution in [0.15, 0.2) is 33.4 Å². The van der Waals surface area contributed by atoms with Crippen LogP contribution in [0.1, 0.15) is 42.6 Å². The Kier molecular flexibility index (Phi) is 3.79. The number of rotatable bonds is 4. The van der Waals surface area contributed by atoms with Crippen molar-refractivity contribution in [3.63, 3.8) is 0 Å². The number of aromatic nitrogens is 1. The summed E-state index contributed by atoms with van der Waals surface area (Å²) in [6, 6.07) is 5.01. The van der Waals surface area contributed by atoms with Crippen LogP contribution >= 0.6 is 0 Å². The first kappa shape index (κ1) is 13.9. The van der Waals surface area contributed by atoms with Crippen molar-refractivity contribution in [2.45, 2.75) is 37.6 Å². The van der Waals surface area contributed by atoms with Crippen LogP contribution in [0.4, 0.5) is 0 Å². The summed E-state index contributed by atoms with van der Waals surface area (Å²) in [5.41, 5.74) is -0.334. The molecule has 3 rings (SSSR count). The molecule has 2 heterocycles. The first-order valence-corrected chi connectivity index (χ1v) is 7.16. The zero-order chi connectivity index (χ0) is 14.7. The molecule has 2 aromatic rings. The fourth-order valence-corrected chi connectivity index (χ4v) is 2.77. The predicted molar refractivity (Wildman–Crippen MR) is 74.6 cm³/mol. The van der Waals surface area contributed by atoms with Gasteiger partial charge in [0, 0.05) is 6.07 Å². The number of carbonyl (C=O) groups is 1. The Morgan fingerprint density at radius 3 is 2.81 bits per heavy atom. The highest BCUT2D eigenvalue weighted by molar-refractivity contribution is 5.93. The van der Waals surface area contributed by atoms with Crippen LogP contribution in [0, 0.1) is 0 Å². The van der Waals surface area contributed by atoms with Gasteiger partial charge in [0.25, 0.3) is 5.91 Å². The van der Waals surface area contributed by atoms with Gasteiger partial charge in [-0.1, -0.05) is 24.4 Å². The van der Waals surface area contributed by atoms with Gasteiger partial charge in [-0.3, -0.25) is 4.79 Å². The van der Waals surface area contributed by atoms with E-state index in [2.05, 4.69) is 10.5 Å². The van der Waals surface area contributed by atoms with Gasteiger partial charge in [-0.25, -0.2) is 0 Å². The number of carbonyl (C=O) groups excluding carboxylic acids is 1. The van der Waals surface area contributed by atoms with Gasteiger partial charge in [0.05, 0.1) is 18.4 Å². The molecule has 0 aromatic carbocycles. The van der Waals surface area contributed by atoms with E-state index in [9.17, 15) is 9.90 Å². The first-order valence-electron chi connectivity index (χ1n) is 7.16.